The van der Waals surface area contributed by atoms with Crippen LogP contribution in [-0.4, -0.2) is 66.8 Å². The molecule has 1 atom stereocenters. The van der Waals surface area contributed by atoms with Crippen molar-refractivity contribution in [1.82, 2.24) is 14.7 Å². The Kier molecular flexibility index (Phi) is 6.59. The van der Waals surface area contributed by atoms with Gasteiger partial charge in [0.05, 0.1) is 0 Å². The molecule has 1 heterocycles. The first-order valence-corrected chi connectivity index (χ1v) is 9.09. The van der Waals surface area contributed by atoms with Gasteiger partial charge in [0.1, 0.15) is 6.04 Å². The van der Waals surface area contributed by atoms with Gasteiger partial charge in [-0.15, -0.1) is 0 Å². The van der Waals surface area contributed by atoms with Gasteiger partial charge in [0.25, 0.3) is 0 Å². The van der Waals surface area contributed by atoms with Gasteiger partial charge in [-0.1, -0.05) is 43.7 Å². The second kappa shape index (κ2) is 8.48. The van der Waals surface area contributed by atoms with Crippen LogP contribution in [0.3, 0.4) is 0 Å². The van der Waals surface area contributed by atoms with E-state index in [9.17, 15) is 9.59 Å². The van der Waals surface area contributed by atoms with Crippen LogP contribution in [0.25, 0.3) is 0 Å². The van der Waals surface area contributed by atoms with Crippen molar-refractivity contribution < 1.29 is 9.59 Å². The Bertz CT molecular complexity index is 605. The van der Waals surface area contributed by atoms with Crippen LogP contribution >= 0.6 is 0 Å². The number of rotatable bonds is 5. The lowest BCUT2D eigenvalue weighted by molar-refractivity contribution is -0.143. The van der Waals surface area contributed by atoms with Crippen molar-refractivity contribution in [2.24, 2.45) is 5.92 Å². The lowest BCUT2D eigenvalue weighted by Gasteiger charge is -2.38. The van der Waals surface area contributed by atoms with E-state index in [1.807, 2.05) is 53.9 Å². The molecule has 0 spiro atoms. The molecule has 0 bridgehead atoms. The van der Waals surface area contributed by atoms with Crippen molar-refractivity contribution in [3.05, 3.63) is 35.4 Å². The Morgan fingerprint density at radius 3 is 2.20 bits per heavy atom. The molecule has 5 heteroatoms. The van der Waals surface area contributed by atoms with E-state index in [0.29, 0.717) is 38.5 Å². The van der Waals surface area contributed by atoms with Crippen LogP contribution in [0.1, 0.15) is 37.4 Å². The van der Waals surface area contributed by atoms with Crippen LogP contribution in [-0.2, 0) is 9.59 Å². The van der Waals surface area contributed by atoms with Gasteiger partial charge in [-0.3, -0.25) is 14.5 Å². The highest BCUT2D eigenvalue weighted by Gasteiger charge is 2.31. The predicted octanol–water partition coefficient (Wildman–Crippen LogP) is 2.31. The van der Waals surface area contributed by atoms with Crippen molar-refractivity contribution in [1.29, 1.82) is 0 Å². The summed E-state index contributed by atoms with van der Waals surface area (Å²) in [6.07, 6.45) is 0.581. The van der Waals surface area contributed by atoms with Crippen LogP contribution in [0.15, 0.2) is 24.3 Å². The van der Waals surface area contributed by atoms with Crippen LogP contribution in [0, 0.1) is 12.8 Å². The average molecular weight is 345 g/mol. The number of piperazine rings is 1. The zero-order chi connectivity index (χ0) is 18.6. The molecule has 1 unspecified atom stereocenters. The van der Waals surface area contributed by atoms with Gasteiger partial charge in [-0.25, -0.2) is 0 Å². The summed E-state index contributed by atoms with van der Waals surface area (Å²) >= 11 is 0. The summed E-state index contributed by atoms with van der Waals surface area (Å²) in [6, 6.07) is 7.84. The predicted molar refractivity (Wildman–Crippen MR) is 100 cm³/mol. The zero-order valence-corrected chi connectivity index (χ0v) is 16.2. The van der Waals surface area contributed by atoms with E-state index >= 15 is 0 Å². The summed E-state index contributed by atoms with van der Waals surface area (Å²) < 4.78 is 0. The Balaban J connectivity index is 2.03. The molecule has 5 nitrogen and oxygen atoms in total. The molecule has 0 aromatic heterocycles. The maximum Gasteiger partial charge on any atom is 0.244 e. The first-order chi connectivity index (χ1) is 11.8. The average Bonchev–Trinajstić information content (AvgIpc) is 2.54. The molecule has 1 fully saturated rings. The molecule has 1 aromatic rings. The monoisotopic (exact) mass is 345 g/mol. The summed E-state index contributed by atoms with van der Waals surface area (Å²) in [5.41, 5.74) is 2.18. The summed E-state index contributed by atoms with van der Waals surface area (Å²) in [5, 5.41) is 0. The second-order valence-corrected chi connectivity index (χ2v) is 7.58. The Hall–Kier alpha value is -1.88. The van der Waals surface area contributed by atoms with Gasteiger partial charge >= 0.3 is 0 Å². The normalized spacial score (nSPS) is 16.4. The van der Waals surface area contributed by atoms with Gasteiger partial charge in [0, 0.05) is 32.6 Å². The number of nitrogens with zero attached hydrogens (tertiary/aromatic N) is 3. The summed E-state index contributed by atoms with van der Waals surface area (Å²) in [6.45, 7) is 8.64. The lowest BCUT2D eigenvalue weighted by atomic mass is 10.0. The van der Waals surface area contributed by atoms with Crippen molar-refractivity contribution in [3.63, 3.8) is 0 Å². The molecule has 1 aliphatic rings. The zero-order valence-electron chi connectivity index (χ0n) is 16.2. The number of likely N-dealkylation sites (N-methyl/N-ethyl adjacent to an activating group) is 1. The SMILES string of the molecule is Cc1cccc(C(C(=O)N2CCN(C(=O)CC(C)C)CC2)N(C)C)c1. The molecule has 0 radical (unpaired) electrons. The molecule has 2 rings (SSSR count). The number of carbonyl (C=O) groups is 2. The molecule has 1 saturated heterocycles. The topological polar surface area (TPSA) is 43.9 Å². The fourth-order valence-electron chi connectivity index (χ4n) is 3.33. The molecular weight excluding hydrogens is 314 g/mol. The molecule has 0 N–H and O–H groups in total. The van der Waals surface area contributed by atoms with E-state index in [4.69, 9.17) is 0 Å². The molecule has 2 amide bonds. The number of carbonyl (C=O) groups excluding carboxylic acids is 2. The molecular formula is C20H31N3O2. The summed E-state index contributed by atoms with van der Waals surface area (Å²) in [7, 11) is 3.88. The van der Waals surface area contributed by atoms with E-state index in [1.165, 1.54) is 0 Å². The number of hydrogen-bond acceptors (Lipinski definition) is 3. The third kappa shape index (κ3) is 5.05. The summed E-state index contributed by atoms with van der Waals surface area (Å²) in [4.78, 5) is 31.0. The van der Waals surface area contributed by atoms with Gasteiger partial charge in [-0.05, 0) is 32.5 Å². The largest absolute Gasteiger partial charge is 0.339 e. The maximum atomic E-state index is 13.1. The third-order valence-electron chi connectivity index (χ3n) is 4.64. The Morgan fingerprint density at radius 2 is 1.68 bits per heavy atom. The van der Waals surface area contributed by atoms with Gasteiger partial charge in [0.2, 0.25) is 11.8 Å². The van der Waals surface area contributed by atoms with Crippen LogP contribution in [0.2, 0.25) is 0 Å². The van der Waals surface area contributed by atoms with E-state index in [2.05, 4.69) is 19.9 Å². The van der Waals surface area contributed by atoms with Gasteiger partial charge < -0.3 is 9.80 Å². The second-order valence-electron chi connectivity index (χ2n) is 7.58. The van der Waals surface area contributed by atoms with E-state index in [1.54, 1.807) is 0 Å². The molecule has 0 aliphatic carbocycles. The van der Waals surface area contributed by atoms with Crippen LogP contribution < -0.4 is 0 Å². The number of benzene rings is 1. The van der Waals surface area contributed by atoms with Crippen LogP contribution in [0.5, 0.6) is 0 Å². The number of aryl methyl sites for hydroxylation is 1. The highest BCUT2D eigenvalue weighted by molar-refractivity contribution is 5.84. The van der Waals surface area contributed by atoms with Crippen molar-refractivity contribution in [2.75, 3.05) is 40.3 Å². The van der Waals surface area contributed by atoms with Crippen molar-refractivity contribution in [2.45, 2.75) is 33.2 Å². The van der Waals surface area contributed by atoms with Crippen molar-refractivity contribution >= 4 is 11.8 Å². The number of amides is 2. The lowest BCUT2D eigenvalue weighted by Crippen LogP contribution is -2.53. The Labute approximate surface area is 151 Å². The highest BCUT2D eigenvalue weighted by Crippen LogP contribution is 2.23. The fourth-order valence-corrected chi connectivity index (χ4v) is 3.33. The minimum absolute atomic E-state index is 0.117. The quantitative estimate of drug-likeness (QED) is 0.823. The Morgan fingerprint density at radius 1 is 1.08 bits per heavy atom. The first-order valence-electron chi connectivity index (χ1n) is 9.09. The minimum Gasteiger partial charge on any atom is -0.339 e. The van der Waals surface area contributed by atoms with Gasteiger partial charge in [-0.2, -0.15) is 0 Å². The van der Waals surface area contributed by atoms with Crippen molar-refractivity contribution in [3.8, 4) is 0 Å². The fraction of sp³-hybridized carbons (Fsp3) is 0.600. The summed E-state index contributed by atoms with van der Waals surface area (Å²) in [5.74, 6) is 0.683. The smallest absolute Gasteiger partial charge is 0.244 e. The third-order valence-corrected chi connectivity index (χ3v) is 4.64. The maximum absolute atomic E-state index is 13.1. The van der Waals surface area contributed by atoms with Gasteiger partial charge in [0.15, 0.2) is 0 Å². The highest BCUT2D eigenvalue weighted by atomic mass is 16.2. The first kappa shape index (κ1) is 19.4. The number of hydrogen-bond donors (Lipinski definition) is 0. The van der Waals surface area contributed by atoms with Crippen LogP contribution in [0.4, 0.5) is 0 Å². The molecule has 25 heavy (non-hydrogen) atoms. The standard InChI is InChI=1S/C20H31N3O2/c1-15(2)13-18(24)22-9-11-23(12-10-22)20(25)19(21(4)5)17-8-6-7-16(3)14-17/h6-8,14-15,19H,9-13H2,1-5H3. The van der Waals surface area contributed by atoms with E-state index < -0.39 is 0 Å². The molecule has 1 aliphatic heterocycles. The van der Waals surface area contributed by atoms with E-state index in [0.717, 1.165) is 11.1 Å². The van der Waals surface area contributed by atoms with E-state index in [-0.39, 0.29) is 17.9 Å². The minimum atomic E-state index is -0.280. The molecule has 138 valence electrons. The molecule has 1 aromatic carbocycles. The molecule has 0 saturated carbocycles.